The Morgan fingerprint density at radius 3 is 2.45 bits per heavy atom. The first-order chi connectivity index (χ1) is 26.5. The van der Waals surface area contributed by atoms with Crippen molar-refractivity contribution in [1.82, 2.24) is 20.1 Å². The van der Waals surface area contributed by atoms with E-state index in [2.05, 4.69) is 30.6 Å². The lowest BCUT2D eigenvalue weighted by Gasteiger charge is -2.35. The number of aliphatic carboxylic acids is 1. The highest BCUT2D eigenvalue weighted by Crippen LogP contribution is 2.57. The molecule has 12 nitrogen and oxygen atoms in total. The number of nitrogens with zero attached hydrogens (tertiary/aromatic N) is 4. The van der Waals surface area contributed by atoms with E-state index >= 15 is 0 Å². The number of halogens is 1. The lowest BCUT2D eigenvalue weighted by Crippen LogP contribution is -2.48. The third-order valence-electron chi connectivity index (χ3n) is 12.1. The topological polar surface area (TPSA) is 158 Å². The van der Waals surface area contributed by atoms with Crippen LogP contribution in [0.15, 0.2) is 30.9 Å². The summed E-state index contributed by atoms with van der Waals surface area (Å²) in [5.74, 6) is -0.857. The third-order valence-corrected chi connectivity index (χ3v) is 13.4. The number of rotatable bonds is 15. The number of esters is 1. The lowest BCUT2D eigenvalue weighted by molar-refractivity contribution is -0.157. The number of hydrogen-bond donors (Lipinski definition) is 1. The lowest BCUT2D eigenvalue weighted by atomic mass is 9.77. The van der Waals surface area contributed by atoms with Gasteiger partial charge in [0.2, 0.25) is 5.91 Å². The van der Waals surface area contributed by atoms with Crippen LogP contribution in [0.25, 0.3) is 21.6 Å². The van der Waals surface area contributed by atoms with Crippen LogP contribution in [0.2, 0.25) is 5.02 Å². The molecule has 1 aromatic carbocycles. The van der Waals surface area contributed by atoms with Gasteiger partial charge >= 0.3 is 11.9 Å². The zero-order chi connectivity index (χ0) is 40.3. The molecule has 56 heavy (non-hydrogen) atoms. The molecule has 3 saturated carbocycles. The van der Waals surface area contributed by atoms with E-state index in [1.165, 1.54) is 29.8 Å². The van der Waals surface area contributed by atoms with Gasteiger partial charge < -0.3 is 24.2 Å². The number of methoxy groups -OCH3 is 1. The van der Waals surface area contributed by atoms with Gasteiger partial charge in [0.15, 0.2) is 10.8 Å². The molecule has 8 atom stereocenters. The summed E-state index contributed by atoms with van der Waals surface area (Å²) < 4.78 is 18.1. The van der Waals surface area contributed by atoms with Crippen LogP contribution in [0.4, 0.5) is 0 Å². The molecule has 1 saturated heterocycles. The van der Waals surface area contributed by atoms with Gasteiger partial charge in [0, 0.05) is 30.7 Å². The largest absolute Gasteiger partial charge is 0.495 e. The first-order valence-corrected chi connectivity index (χ1v) is 20.8. The van der Waals surface area contributed by atoms with Gasteiger partial charge in [0.1, 0.15) is 39.4 Å². The fourth-order valence-corrected chi connectivity index (χ4v) is 9.99. The number of allylic oxidation sites excluding steroid dienone is 1. The highest BCUT2D eigenvalue weighted by Gasteiger charge is 2.61. The summed E-state index contributed by atoms with van der Waals surface area (Å²) in [6, 6.07) is 4.31. The Morgan fingerprint density at radius 1 is 1.09 bits per heavy atom. The molecule has 2 aromatic heterocycles. The second kappa shape index (κ2) is 15.3. The van der Waals surface area contributed by atoms with E-state index in [4.69, 9.17) is 30.8 Å². The molecule has 3 heterocycles. The second-order valence-corrected chi connectivity index (χ2v) is 19.1. The zero-order valence-electron chi connectivity index (χ0n) is 32.9. The Bertz CT molecular complexity index is 2050. The number of likely N-dealkylation sites (tertiary alicyclic amines) is 1. The average molecular weight is 807 g/mol. The molecule has 300 valence electrons. The van der Waals surface area contributed by atoms with E-state index in [0.29, 0.717) is 57.3 Å². The number of benzene rings is 1. The molecule has 4 fully saturated rings. The summed E-state index contributed by atoms with van der Waals surface area (Å²) >= 11 is 8.26. The number of Topliss-reactive ketones (excluding diaryl/α,β-unsaturated/α-hetero) is 1. The Kier molecular flexibility index (Phi) is 11.0. The number of fused-ring (bicyclic) bond motifs is 2. The van der Waals surface area contributed by atoms with E-state index in [-0.39, 0.29) is 54.5 Å². The van der Waals surface area contributed by atoms with Gasteiger partial charge in [-0.3, -0.25) is 19.2 Å². The standard InChI is InChI=1S/C42H51ClN4O8S/c1-8-24-18-42(24,40(51)52)19-31(48)30-15-26(20-47(30)39(50)28(41(4,5)6)16-35(49)55-25-13-22-12-23(22)14-25)54-33-17-29(38-46-45-34(56-38)11-21(2)3)44-37-27(33)9-10-32(53-7)36(37)43/h8-10,17,21-26,28,30H,1,11-16,18-20H2,2-7H3,(H,51,52)/t22-,23+,24?,25?,26?,28-,30+,42-/m1/s1. The van der Waals surface area contributed by atoms with Crippen LogP contribution in [0, 0.1) is 40.4 Å². The molecule has 0 spiro atoms. The second-order valence-electron chi connectivity index (χ2n) is 17.7. The van der Waals surface area contributed by atoms with Gasteiger partial charge in [-0.15, -0.1) is 16.8 Å². The minimum Gasteiger partial charge on any atom is -0.495 e. The predicted molar refractivity (Wildman–Crippen MR) is 212 cm³/mol. The Hall–Kier alpha value is -4.10. The molecule has 1 aliphatic heterocycles. The number of carboxylic acids is 1. The van der Waals surface area contributed by atoms with Crippen LogP contribution in [0.5, 0.6) is 11.5 Å². The number of carbonyl (C=O) groups excluding carboxylic acids is 3. The van der Waals surface area contributed by atoms with Gasteiger partial charge in [0.25, 0.3) is 0 Å². The van der Waals surface area contributed by atoms with E-state index in [1.807, 2.05) is 20.8 Å². The SMILES string of the molecule is C=CC1C[C@]1(CC(=O)[C@@H]1CC(Oc2cc(-c3nnc(CC(C)C)s3)nc3c(Cl)c(OC)ccc23)CN1C(=O)[C@@H](CC(=O)OC1C[C@@H]2C[C@@H]2C1)C(C)(C)C)C(=O)O. The van der Waals surface area contributed by atoms with Gasteiger partial charge in [-0.1, -0.05) is 63.6 Å². The first kappa shape index (κ1) is 40.1. The molecule has 3 unspecified atom stereocenters. The summed E-state index contributed by atoms with van der Waals surface area (Å²) in [6.45, 7) is 13.7. The van der Waals surface area contributed by atoms with Gasteiger partial charge in [-0.05, 0) is 66.9 Å². The van der Waals surface area contributed by atoms with Crippen LogP contribution < -0.4 is 9.47 Å². The summed E-state index contributed by atoms with van der Waals surface area (Å²) in [5, 5.41) is 21.3. The van der Waals surface area contributed by atoms with Crippen molar-refractivity contribution >= 4 is 57.5 Å². The Labute approximate surface area is 336 Å². The number of aromatic nitrogens is 3. The Balaban J connectivity index is 1.20. The van der Waals surface area contributed by atoms with E-state index in [1.54, 1.807) is 24.3 Å². The van der Waals surface area contributed by atoms with Crippen molar-refractivity contribution in [2.24, 2.45) is 40.4 Å². The summed E-state index contributed by atoms with van der Waals surface area (Å²) in [5.41, 5.74) is -0.998. The summed E-state index contributed by atoms with van der Waals surface area (Å²) in [4.78, 5) is 61.2. The normalized spacial score (nSPS) is 27.2. The molecule has 0 bridgehead atoms. The quantitative estimate of drug-likeness (QED) is 0.119. The summed E-state index contributed by atoms with van der Waals surface area (Å²) in [6.07, 6.45) is 4.51. The van der Waals surface area contributed by atoms with E-state index < -0.39 is 40.8 Å². The van der Waals surface area contributed by atoms with Crippen molar-refractivity contribution < 1.29 is 38.5 Å². The number of ether oxygens (including phenoxy) is 3. The number of ketones is 1. The number of hydrogen-bond acceptors (Lipinski definition) is 11. The fourth-order valence-electron chi connectivity index (χ4n) is 8.69. The molecule has 7 rings (SSSR count). The maximum absolute atomic E-state index is 14.7. The molecule has 1 N–H and O–H groups in total. The molecule has 14 heteroatoms. The van der Waals surface area contributed by atoms with Crippen molar-refractivity contribution in [3.63, 3.8) is 0 Å². The molecule has 3 aromatic rings. The Morgan fingerprint density at radius 2 is 1.82 bits per heavy atom. The van der Waals surface area contributed by atoms with Crippen molar-refractivity contribution in [2.45, 2.75) is 104 Å². The van der Waals surface area contributed by atoms with Crippen LogP contribution in [-0.4, -0.2) is 80.7 Å². The molecular formula is C42H51ClN4O8S. The zero-order valence-corrected chi connectivity index (χ0v) is 34.5. The highest BCUT2D eigenvalue weighted by molar-refractivity contribution is 7.14. The fraction of sp³-hybridized carbons (Fsp3) is 0.595. The van der Waals surface area contributed by atoms with Gasteiger partial charge in [0.05, 0.1) is 43.0 Å². The highest BCUT2D eigenvalue weighted by atomic mass is 35.5. The average Bonchev–Trinajstić information content (AvgIpc) is 3.80. The minimum absolute atomic E-state index is 0.0359. The first-order valence-electron chi connectivity index (χ1n) is 19.6. The smallest absolute Gasteiger partial charge is 0.310 e. The summed E-state index contributed by atoms with van der Waals surface area (Å²) in [7, 11) is 1.52. The number of amides is 1. The molecule has 3 aliphatic carbocycles. The number of carboxylic acid groups (broad SMARTS) is 1. The van der Waals surface area contributed by atoms with Crippen LogP contribution in [-0.2, 0) is 30.3 Å². The maximum atomic E-state index is 14.7. The van der Waals surface area contributed by atoms with Crippen LogP contribution in [0.3, 0.4) is 0 Å². The van der Waals surface area contributed by atoms with Crippen molar-refractivity contribution in [2.75, 3.05) is 13.7 Å². The van der Waals surface area contributed by atoms with Crippen molar-refractivity contribution in [3.8, 4) is 22.2 Å². The maximum Gasteiger partial charge on any atom is 0.310 e. The van der Waals surface area contributed by atoms with Crippen LogP contribution in [0.1, 0.15) is 84.6 Å². The molecule has 1 amide bonds. The van der Waals surface area contributed by atoms with Crippen LogP contribution >= 0.6 is 22.9 Å². The van der Waals surface area contributed by atoms with Gasteiger partial charge in [-0.25, -0.2) is 4.98 Å². The van der Waals surface area contributed by atoms with Gasteiger partial charge in [-0.2, -0.15) is 0 Å². The number of carbonyl (C=O) groups is 4. The molecule has 0 radical (unpaired) electrons. The molecule has 4 aliphatic rings. The van der Waals surface area contributed by atoms with E-state index in [9.17, 15) is 24.3 Å². The number of pyridine rings is 1. The third kappa shape index (κ3) is 8.03. The van der Waals surface area contributed by atoms with Crippen molar-refractivity contribution in [1.29, 1.82) is 0 Å². The predicted octanol–water partition coefficient (Wildman–Crippen LogP) is 7.59. The van der Waals surface area contributed by atoms with E-state index in [0.717, 1.165) is 24.3 Å². The van der Waals surface area contributed by atoms with Crippen molar-refractivity contribution in [3.05, 3.63) is 40.9 Å². The minimum atomic E-state index is -1.26. The monoisotopic (exact) mass is 806 g/mol. The molecular weight excluding hydrogens is 756 g/mol.